The van der Waals surface area contributed by atoms with Crippen molar-refractivity contribution in [1.29, 1.82) is 0 Å². The van der Waals surface area contributed by atoms with Gasteiger partial charge in [0, 0.05) is 18.9 Å². The highest BCUT2D eigenvalue weighted by Crippen LogP contribution is 2.31. The number of carboxylic acids is 2. The summed E-state index contributed by atoms with van der Waals surface area (Å²) in [5.74, 6) is -2.95. The Morgan fingerprint density at radius 3 is 2.19 bits per heavy atom. The van der Waals surface area contributed by atoms with Gasteiger partial charge < -0.3 is 24.3 Å². The molecule has 0 unspecified atom stereocenters. The van der Waals surface area contributed by atoms with Crippen molar-refractivity contribution in [2.45, 2.75) is 49.3 Å². The molecule has 2 N–H and O–H groups in total. The SMILES string of the molecule is CCCCN(C)CCCOc1ccc(S(=O)(=O)c2c(CC)cn3ccccc23)cc1.O=C(O)C(=O)O. The molecule has 36 heavy (non-hydrogen) atoms. The van der Waals surface area contributed by atoms with Gasteiger partial charge in [-0.2, -0.15) is 0 Å². The summed E-state index contributed by atoms with van der Waals surface area (Å²) in [5, 5.41) is 14.8. The number of carboxylic acid groups (broad SMARTS) is 2. The van der Waals surface area contributed by atoms with E-state index in [9.17, 15) is 8.42 Å². The quantitative estimate of drug-likeness (QED) is 0.288. The molecule has 0 radical (unpaired) electrons. The van der Waals surface area contributed by atoms with E-state index < -0.39 is 21.8 Å². The highest BCUT2D eigenvalue weighted by atomic mass is 32.2. The van der Waals surface area contributed by atoms with E-state index in [0.29, 0.717) is 34.1 Å². The Morgan fingerprint density at radius 1 is 0.972 bits per heavy atom. The van der Waals surface area contributed by atoms with Gasteiger partial charge in [-0.3, -0.25) is 0 Å². The largest absolute Gasteiger partial charge is 0.494 e. The Bertz CT molecular complexity index is 1240. The van der Waals surface area contributed by atoms with Crippen molar-refractivity contribution in [2.24, 2.45) is 0 Å². The molecule has 1 aromatic carbocycles. The minimum absolute atomic E-state index is 0.292. The third-order valence-electron chi connectivity index (χ3n) is 5.52. The number of pyridine rings is 1. The molecule has 3 aromatic rings. The second-order valence-electron chi connectivity index (χ2n) is 8.27. The molecule has 0 aliphatic carbocycles. The van der Waals surface area contributed by atoms with Crippen LogP contribution in [0.4, 0.5) is 0 Å². The summed E-state index contributed by atoms with van der Waals surface area (Å²) in [7, 11) is -1.48. The van der Waals surface area contributed by atoms with Crippen molar-refractivity contribution in [1.82, 2.24) is 9.30 Å². The van der Waals surface area contributed by atoms with Gasteiger partial charge in [0.05, 0.1) is 17.0 Å². The van der Waals surface area contributed by atoms with E-state index in [-0.39, 0.29) is 0 Å². The first kappa shape index (κ1) is 28.9. The first-order valence-corrected chi connectivity index (χ1v) is 13.3. The molecule has 10 heteroatoms. The molecular weight excluding hydrogens is 484 g/mol. The number of aryl methyl sites for hydroxylation is 1. The Kier molecular flexibility index (Phi) is 10.9. The Balaban J connectivity index is 0.000000678. The van der Waals surface area contributed by atoms with E-state index >= 15 is 0 Å². The number of hydrogen-bond donors (Lipinski definition) is 2. The monoisotopic (exact) mass is 518 g/mol. The minimum Gasteiger partial charge on any atom is -0.494 e. The third kappa shape index (κ3) is 7.82. The molecule has 2 heterocycles. The van der Waals surface area contributed by atoms with Gasteiger partial charge >= 0.3 is 11.9 Å². The zero-order valence-electron chi connectivity index (χ0n) is 20.9. The van der Waals surface area contributed by atoms with Crippen LogP contribution in [0, 0.1) is 0 Å². The lowest BCUT2D eigenvalue weighted by molar-refractivity contribution is -0.159. The molecule has 0 aliphatic rings. The van der Waals surface area contributed by atoms with Crippen LogP contribution in [-0.2, 0) is 25.8 Å². The number of fused-ring (bicyclic) bond motifs is 1. The van der Waals surface area contributed by atoms with Gasteiger partial charge in [-0.15, -0.1) is 0 Å². The van der Waals surface area contributed by atoms with Gasteiger partial charge in [-0.25, -0.2) is 18.0 Å². The topological polar surface area (TPSA) is 126 Å². The maximum absolute atomic E-state index is 13.4. The molecule has 9 nitrogen and oxygen atoms in total. The molecule has 3 rings (SSSR count). The summed E-state index contributed by atoms with van der Waals surface area (Å²) in [4.78, 5) is 21.2. The average Bonchev–Trinajstić information content (AvgIpc) is 3.25. The summed E-state index contributed by atoms with van der Waals surface area (Å²) in [6, 6.07) is 12.4. The van der Waals surface area contributed by atoms with Crippen molar-refractivity contribution in [2.75, 3.05) is 26.7 Å². The third-order valence-corrected chi connectivity index (χ3v) is 7.42. The van der Waals surface area contributed by atoms with E-state index in [0.717, 1.165) is 25.1 Å². The number of hydrogen-bond acceptors (Lipinski definition) is 6. The molecule has 0 fully saturated rings. The molecule has 0 spiro atoms. The summed E-state index contributed by atoms with van der Waals surface area (Å²) < 4.78 is 34.4. The zero-order chi connectivity index (χ0) is 26.7. The van der Waals surface area contributed by atoms with Crippen LogP contribution in [0.1, 0.15) is 38.7 Å². The number of unbranched alkanes of at least 4 members (excludes halogenated alkanes) is 1. The van der Waals surface area contributed by atoms with Gasteiger partial charge in [0.25, 0.3) is 0 Å². The molecule has 0 saturated carbocycles. The van der Waals surface area contributed by atoms with Crippen LogP contribution in [0.25, 0.3) is 5.52 Å². The molecule has 0 amide bonds. The van der Waals surface area contributed by atoms with Gasteiger partial charge in [0.15, 0.2) is 0 Å². The highest BCUT2D eigenvalue weighted by Gasteiger charge is 2.25. The number of carbonyl (C=O) groups is 2. The van der Waals surface area contributed by atoms with Crippen LogP contribution in [-0.4, -0.2) is 66.6 Å². The highest BCUT2D eigenvalue weighted by molar-refractivity contribution is 7.91. The molecular formula is C26H34N2O7S. The lowest BCUT2D eigenvalue weighted by atomic mass is 10.2. The van der Waals surface area contributed by atoms with Crippen LogP contribution >= 0.6 is 0 Å². The number of ether oxygens (including phenoxy) is 1. The first-order chi connectivity index (χ1) is 17.1. The predicted molar refractivity (Wildman–Crippen MR) is 136 cm³/mol. The van der Waals surface area contributed by atoms with Crippen molar-refractivity contribution in [3.05, 3.63) is 60.4 Å². The van der Waals surface area contributed by atoms with Gasteiger partial charge in [-0.05, 0) is 74.8 Å². The summed E-state index contributed by atoms with van der Waals surface area (Å²) in [5.41, 5.74) is 1.54. The maximum atomic E-state index is 13.4. The fourth-order valence-corrected chi connectivity index (χ4v) is 5.33. The van der Waals surface area contributed by atoms with Gasteiger partial charge in [0.2, 0.25) is 9.84 Å². The summed E-state index contributed by atoms with van der Waals surface area (Å²) >= 11 is 0. The zero-order valence-corrected chi connectivity index (χ0v) is 21.7. The van der Waals surface area contributed by atoms with Gasteiger partial charge in [0.1, 0.15) is 10.6 Å². The summed E-state index contributed by atoms with van der Waals surface area (Å²) in [6.07, 6.45) is 7.79. The molecule has 0 bridgehead atoms. The smallest absolute Gasteiger partial charge is 0.414 e. The Morgan fingerprint density at radius 2 is 1.61 bits per heavy atom. The van der Waals surface area contributed by atoms with E-state index in [4.69, 9.17) is 24.5 Å². The lowest BCUT2D eigenvalue weighted by Crippen LogP contribution is -2.22. The number of nitrogens with zero attached hydrogens (tertiary/aromatic N) is 2. The van der Waals surface area contributed by atoms with Crippen LogP contribution in [0.15, 0.2) is 64.6 Å². The molecule has 0 aliphatic heterocycles. The van der Waals surface area contributed by atoms with Crippen LogP contribution in [0.3, 0.4) is 0 Å². The minimum atomic E-state index is -3.61. The van der Waals surface area contributed by atoms with E-state index in [2.05, 4.69) is 18.9 Å². The average molecular weight is 519 g/mol. The van der Waals surface area contributed by atoms with Gasteiger partial charge in [-0.1, -0.05) is 26.3 Å². The van der Waals surface area contributed by atoms with E-state index in [1.165, 1.54) is 12.8 Å². The summed E-state index contributed by atoms with van der Waals surface area (Å²) in [6.45, 7) is 6.89. The van der Waals surface area contributed by atoms with Crippen molar-refractivity contribution in [3.8, 4) is 5.75 Å². The number of benzene rings is 1. The normalized spacial score (nSPS) is 11.2. The molecule has 196 valence electrons. The molecule has 0 saturated heterocycles. The van der Waals surface area contributed by atoms with Crippen LogP contribution in [0.5, 0.6) is 5.75 Å². The number of rotatable bonds is 11. The fourth-order valence-electron chi connectivity index (χ4n) is 3.61. The standard InChI is InChI=1S/C24H32N2O3S.C2H2O4/c1-4-6-15-25(3)16-9-18-29-21-11-13-22(14-12-21)30(27,28)24-20(5-2)19-26-17-8-7-10-23(24)26;3-1(4)2(5)6/h7-8,10-14,17,19H,4-6,9,15-16,18H2,1-3H3;(H,3,4)(H,5,6). The number of aliphatic carboxylic acids is 2. The second kappa shape index (κ2) is 13.6. The predicted octanol–water partition coefficient (Wildman–Crippen LogP) is 3.99. The number of sulfone groups is 1. The van der Waals surface area contributed by atoms with E-state index in [1.807, 2.05) is 41.9 Å². The molecule has 0 atom stereocenters. The van der Waals surface area contributed by atoms with Crippen LogP contribution < -0.4 is 4.74 Å². The number of aromatic nitrogens is 1. The Hall–Kier alpha value is -3.37. The maximum Gasteiger partial charge on any atom is 0.414 e. The van der Waals surface area contributed by atoms with Crippen molar-refractivity contribution in [3.63, 3.8) is 0 Å². The second-order valence-corrected chi connectivity index (χ2v) is 10.2. The van der Waals surface area contributed by atoms with E-state index in [1.54, 1.807) is 24.3 Å². The lowest BCUT2D eigenvalue weighted by Gasteiger charge is -2.16. The van der Waals surface area contributed by atoms with Crippen LogP contribution in [0.2, 0.25) is 0 Å². The van der Waals surface area contributed by atoms with Crippen molar-refractivity contribution < 1.29 is 33.0 Å². The fraction of sp³-hybridized carbons (Fsp3) is 0.385. The Labute approximate surface area is 211 Å². The molecule has 2 aromatic heterocycles. The van der Waals surface area contributed by atoms with Crippen molar-refractivity contribution >= 4 is 27.3 Å². The first-order valence-electron chi connectivity index (χ1n) is 11.8.